The van der Waals surface area contributed by atoms with Crippen LogP contribution >= 0.6 is 15.9 Å². The lowest BCUT2D eigenvalue weighted by molar-refractivity contribution is -0.144. The van der Waals surface area contributed by atoms with Gasteiger partial charge in [0, 0.05) is 23.6 Å². The summed E-state index contributed by atoms with van der Waals surface area (Å²) >= 11 is 3.36. The number of aliphatic hydroxyl groups excluding tert-OH is 1. The summed E-state index contributed by atoms with van der Waals surface area (Å²) in [5.41, 5.74) is 0.650. The summed E-state index contributed by atoms with van der Waals surface area (Å²) in [6.45, 7) is 1.59. The van der Waals surface area contributed by atoms with Crippen molar-refractivity contribution in [2.24, 2.45) is 0 Å². The van der Waals surface area contributed by atoms with E-state index in [1.807, 2.05) is 31.1 Å². The van der Waals surface area contributed by atoms with Gasteiger partial charge in [-0.2, -0.15) is 0 Å². The van der Waals surface area contributed by atoms with Crippen LogP contribution in [0.5, 0.6) is 0 Å². The lowest BCUT2D eigenvalue weighted by Gasteiger charge is -2.38. The minimum Gasteiger partial charge on any atom is -0.378 e. The highest BCUT2D eigenvalue weighted by Crippen LogP contribution is 2.24. The molecule has 4 nitrogen and oxygen atoms in total. The van der Waals surface area contributed by atoms with Crippen LogP contribution in [-0.2, 0) is 4.79 Å². The molecule has 1 saturated heterocycles. The molecule has 1 aromatic carbocycles. The Bertz CT molecular complexity index is 476. The van der Waals surface area contributed by atoms with Gasteiger partial charge in [0.25, 0.3) is 5.91 Å². The molecule has 1 aliphatic rings. The Morgan fingerprint density at radius 3 is 2.67 bits per heavy atom. The fraction of sp³-hybridized carbons (Fsp3) is 0.562. The molecule has 1 amide bonds. The van der Waals surface area contributed by atoms with Crippen LogP contribution in [0.25, 0.3) is 0 Å². The molecule has 1 N–H and O–H groups in total. The Morgan fingerprint density at radius 1 is 1.38 bits per heavy atom. The van der Waals surface area contributed by atoms with E-state index in [1.54, 1.807) is 12.1 Å². The molecule has 0 radical (unpaired) electrons. The summed E-state index contributed by atoms with van der Waals surface area (Å²) in [7, 11) is 4.03. The molecule has 2 atom stereocenters. The van der Waals surface area contributed by atoms with Crippen LogP contribution in [0.15, 0.2) is 28.7 Å². The zero-order valence-electron chi connectivity index (χ0n) is 12.6. The maximum atomic E-state index is 12.6. The number of rotatable bonds is 4. The first kappa shape index (κ1) is 16.5. The van der Waals surface area contributed by atoms with Gasteiger partial charge in [-0.15, -0.1) is 0 Å². The molecule has 1 heterocycles. The Kier molecular flexibility index (Phi) is 5.79. The lowest BCUT2D eigenvalue weighted by Crippen LogP contribution is -2.49. The second-order valence-corrected chi connectivity index (χ2v) is 6.81. The maximum Gasteiger partial charge on any atom is 0.256 e. The Morgan fingerprint density at radius 2 is 2.05 bits per heavy atom. The molecular formula is C16H23BrN2O2. The highest BCUT2D eigenvalue weighted by atomic mass is 79.9. The van der Waals surface area contributed by atoms with E-state index in [9.17, 15) is 9.90 Å². The van der Waals surface area contributed by atoms with Crippen molar-refractivity contribution in [3.63, 3.8) is 0 Å². The Hall–Kier alpha value is -0.910. The second-order valence-electron chi connectivity index (χ2n) is 5.90. The van der Waals surface area contributed by atoms with Crippen LogP contribution in [0.3, 0.4) is 0 Å². The summed E-state index contributed by atoms with van der Waals surface area (Å²) in [6.07, 6.45) is 2.11. The highest BCUT2D eigenvalue weighted by molar-refractivity contribution is 9.10. The Balaban J connectivity index is 2.10. The largest absolute Gasteiger partial charge is 0.378 e. The van der Waals surface area contributed by atoms with Gasteiger partial charge in [-0.1, -0.05) is 28.1 Å². The first-order valence-electron chi connectivity index (χ1n) is 7.38. The second kappa shape index (κ2) is 7.38. The fourth-order valence-corrected chi connectivity index (χ4v) is 3.11. The average Bonchev–Trinajstić information content (AvgIpc) is 2.46. The molecule has 1 aromatic rings. The van der Waals surface area contributed by atoms with Crippen LogP contribution in [0.2, 0.25) is 0 Å². The molecule has 1 fully saturated rings. The number of carbonyl (C=O) groups excluding carboxylic acids is 1. The van der Waals surface area contributed by atoms with E-state index in [4.69, 9.17) is 0 Å². The van der Waals surface area contributed by atoms with Crippen LogP contribution < -0.4 is 0 Å². The maximum absolute atomic E-state index is 12.6. The number of amides is 1. The molecule has 0 saturated carbocycles. The molecule has 116 valence electrons. The van der Waals surface area contributed by atoms with E-state index >= 15 is 0 Å². The van der Waals surface area contributed by atoms with E-state index in [0.717, 1.165) is 36.8 Å². The first-order valence-corrected chi connectivity index (χ1v) is 8.17. The zero-order chi connectivity index (χ0) is 15.4. The van der Waals surface area contributed by atoms with Gasteiger partial charge < -0.3 is 14.9 Å². The molecule has 0 unspecified atom stereocenters. The minimum atomic E-state index is -1.07. The number of hydrogen-bond donors (Lipinski definition) is 1. The van der Waals surface area contributed by atoms with Gasteiger partial charge in [-0.25, -0.2) is 0 Å². The smallest absolute Gasteiger partial charge is 0.256 e. The highest BCUT2D eigenvalue weighted by Gasteiger charge is 2.31. The summed E-state index contributed by atoms with van der Waals surface area (Å²) in [5, 5.41) is 10.4. The predicted molar refractivity (Wildman–Crippen MR) is 87.0 cm³/mol. The van der Waals surface area contributed by atoms with Crippen LogP contribution in [0.1, 0.15) is 30.9 Å². The molecule has 1 aliphatic heterocycles. The van der Waals surface area contributed by atoms with Crippen molar-refractivity contribution in [1.29, 1.82) is 0 Å². The summed E-state index contributed by atoms with van der Waals surface area (Å²) in [5.74, 6) is -0.177. The first-order chi connectivity index (χ1) is 9.99. The quantitative estimate of drug-likeness (QED) is 0.902. The number of likely N-dealkylation sites (tertiary alicyclic amines) is 1. The van der Waals surface area contributed by atoms with Crippen molar-refractivity contribution < 1.29 is 9.90 Å². The molecule has 0 spiro atoms. The minimum absolute atomic E-state index is 0.177. The fourth-order valence-electron chi connectivity index (χ4n) is 2.85. The number of benzene rings is 1. The van der Waals surface area contributed by atoms with Gasteiger partial charge in [-0.3, -0.25) is 4.79 Å². The number of hydrogen-bond acceptors (Lipinski definition) is 3. The molecule has 5 heteroatoms. The number of likely N-dealkylation sites (N-methyl/N-ethyl adjacent to an activating group) is 1. The predicted octanol–water partition coefficient (Wildman–Crippen LogP) is 2.43. The number of halogens is 1. The van der Waals surface area contributed by atoms with Crippen molar-refractivity contribution in [3.05, 3.63) is 34.3 Å². The van der Waals surface area contributed by atoms with E-state index in [0.29, 0.717) is 5.56 Å². The van der Waals surface area contributed by atoms with E-state index in [2.05, 4.69) is 20.8 Å². The molecule has 2 rings (SSSR count). The number of aliphatic hydroxyl groups is 1. The van der Waals surface area contributed by atoms with Crippen molar-refractivity contribution in [2.45, 2.75) is 31.4 Å². The van der Waals surface area contributed by atoms with Crippen LogP contribution in [0, 0.1) is 0 Å². The summed E-state index contributed by atoms with van der Waals surface area (Å²) in [4.78, 5) is 16.6. The van der Waals surface area contributed by atoms with Crippen LogP contribution in [0.4, 0.5) is 0 Å². The van der Waals surface area contributed by atoms with Crippen molar-refractivity contribution in [2.75, 3.05) is 27.2 Å². The van der Waals surface area contributed by atoms with Crippen LogP contribution in [-0.4, -0.2) is 54.0 Å². The van der Waals surface area contributed by atoms with Gasteiger partial charge in [0.15, 0.2) is 6.10 Å². The third kappa shape index (κ3) is 4.28. The lowest BCUT2D eigenvalue weighted by atomic mass is 9.99. The Labute approximate surface area is 134 Å². The standard InChI is InChI=1S/C16H23BrN2O2/c1-18(2)11-14-5-3-4-10-19(14)16(21)15(20)12-6-8-13(17)9-7-12/h6-9,14-15,20H,3-5,10-11H2,1-2H3/t14-,15+/m1/s1. The number of nitrogens with zero attached hydrogens (tertiary/aromatic N) is 2. The third-order valence-electron chi connectivity index (χ3n) is 3.91. The molecular weight excluding hydrogens is 332 g/mol. The normalized spacial score (nSPS) is 20.6. The number of carbonyl (C=O) groups is 1. The topological polar surface area (TPSA) is 43.8 Å². The van der Waals surface area contributed by atoms with E-state index in [1.165, 1.54) is 0 Å². The summed E-state index contributed by atoms with van der Waals surface area (Å²) < 4.78 is 0.939. The van der Waals surface area contributed by atoms with Crippen molar-refractivity contribution >= 4 is 21.8 Å². The number of piperidine rings is 1. The molecule has 0 aromatic heterocycles. The molecule has 0 bridgehead atoms. The van der Waals surface area contributed by atoms with Crippen molar-refractivity contribution in [3.8, 4) is 0 Å². The molecule has 0 aliphatic carbocycles. The third-order valence-corrected chi connectivity index (χ3v) is 4.43. The van der Waals surface area contributed by atoms with Gasteiger partial charge in [0.2, 0.25) is 0 Å². The average molecular weight is 355 g/mol. The van der Waals surface area contributed by atoms with E-state index < -0.39 is 6.10 Å². The van der Waals surface area contributed by atoms with Gasteiger partial charge in [0.1, 0.15) is 0 Å². The monoisotopic (exact) mass is 354 g/mol. The zero-order valence-corrected chi connectivity index (χ0v) is 14.2. The molecule has 21 heavy (non-hydrogen) atoms. The van der Waals surface area contributed by atoms with Gasteiger partial charge in [0.05, 0.1) is 0 Å². The van der Waals surface area contributed by atoms with E-state index in [-0.39, 0.29) is 11.9 Å². The van der Waals surface area contributed by atoms with Crippen molar-refractivity contribution in [1.82, 2.24) is 9.80 Å². The van der Waals surface area contributed by atoms with Gasteiger partial charge >= 0.3 is 0 Å². The SMILES string of the molecule is CN(C)C[C@H]1CCCCN1C(=O)[C@@H](O)c1ccc(Br)cc1. The summed E-state index contributed by atoms with van der Waals surface area (Å²) in [6, 6.07) is 7.47. The van der Waals surface area contributed by atoms with Gasteiger partial charge in [-0.05, 0) is 51.1 Å².